The third-order valence-electron chi connectivity index (χ3n) is 3.01. The number of hydrogen-bond acceptors (Lipinski definition) is 5. The van der Waals surface area contributed by atoms with Crippen molar-refractivity contribution in [2.24, 2.45) is 0 Å². The first-order valence-corrected chi connectivity index (χ1v) is 7.22. The van der Waals surface area contributed by atoms with Crippen LogP contribution in [0.15, 0.2) is 42.6 Å². The first kappa shape index (κ1) is 16.5. The summed E-state index contributed by atoms with van der Waals surface area (Å²) in [5.74, 6) is -0.599. The number of rotatable bonds is 5. The van der Waals surface area contributed by atoms with Crippen LogP contribution in [0, 0.1) is 0 Å². The number of esters is 1. The molecular weight excluding hydrogens is 294 g/mol. The second-order valence-corrected chi connectivity index (χ2v) is 5.25. The number of anilines is 2. The highest BCUT2D eigenvalue weighted by molar-refractivity contribution is 5.93. The van der Waals surface area contributed by atoms with E-state index in [0.717, 1.165) is 11.4 Å². The summed E-state index contributed by atoms with van der Waals surface area (Å²) in [5.41, 5.74) is 2.35. The highest BCUT2D eigenvalue weighted by Gasteiger charge is 2.09. The molecule has 0 aliphatic carbocycles. The van der Waals surface area contributed by atoms with E-state index in [9.17, 15) is 9.59 Å². The van der Waals surface area contributed by atoms with Crippen molar-refractivity contribution in [1.29, 1.82) is 0 Å². The average molecular weight is 313 g/mol. The zero-order valence-electron chi connectivity index (χ0n) is 13.3. The molecule has 1 heterocycles. The molecule has 6 heteroatoms. The van der Waals surface area contributed by atoms with Crippen LogP contribution in [0.2, 0.25) is 0 Å². The van der Waals surface area contributed by atoms with Gasteiger partial charge in [-0.25, -0.2) is 4.79 Å². The molecule has 2 aromatic rings. The fourth-order valence-electron chi connectivity index (χ4n) is 1.94. The van der Waals surface area contributed by atoms with Crippen molar-refractivity contribution in [2.75, 3.05) is 12.4 Å². The second kappa shape index (κ2) is 7.40. The van der Waals surface area contributed by atoms with E-state index in [1.54, 1.807) is 42.6 Å². The van der Waals surface area contributed by atoms with Crippen molar-refractivity contribution < 1.29 is 14.3 Å². The first-order chi connectivity index (χ1) is 11.0. The lowest BCUT2D eigenvalue weighted by Crippen LogP contribution is -2.30. The van der Waals surface area contributed by atoms with Crippen LogP contribution in [-0.2, 0) is 4.74 Å². The number of pyridine rings is 1. The number of methoxy groups -OCH3 is 1. The van der Waals surface area contributed by atoms with Crippen LogP contribution in [0.3, 0.4) is 0 Å². The van der Waals surface area contributed by atoms with E-state index >= 15 is 0 Å². The molecule has 0 aliphatic heterocycles. The highest BCUT2D eigenvalue weighted by atomic mass is 16.5. The van der Waals surface area contributed by atoms with Crippen molar-refractivity contribution in [2.45, 2.75) is 19.9 Å². The molecule has 2 N–H and O–H groups in total. The van der Waals surface area contributed by atoms with E-state index in [-0.39, 0.29) is 17.9 Å². The van der Waals surface area contributed by atoms with Gasteiger partial charge < -0.3 is 15.4 Å². The van der Waals surface area contributed by atoms with Gasteiger partial charge in [0.25, 0.3) is 5.91 Å². The van der Waals surface area contributed by atoms with Crippen molar-refractivity contribution >= 4 is 23.3 Å². The minimum absolute atomic E-state index is 0.0479. The number of aromatic nitrogens is 1. The van der Waals surface area contributed by atoms with Crippen molar-refractivity contribution in [1.82, 2.24) is 10.3 Å². The van der Waals surface area contributed by atoms with Gasteiger partial charge in [0.1, 0.15) is 5.69 Å². The fourth-order valence-corrected chi connectivity index (χ4v) is 1.94. The van der Waals surface area contributed by atoms with Gasteiger partial charge in [-0.05, 0) is 50.2 Å². The number of nitrogens with one attached hydrogen (secondary N) is 2. The van der Waals surface area contributed by atoms with Crippen molar-refractivity contribution in [3.05, 3.63) is 53.9 Å². The molecule has 0 bridgehead atoms. The predicted octanol–water partition coefficient (Wildman–Crippen LogP) is 2.75. The van der Waals surface area contributed by atoms with Gasteiger partial charge in [-0.1, -0.05) is 0 Å². The maximum Gasteiger partial charge on any atom is 0.337 e. The van der Waals surface area contributed by atoms with Crippen LogP contribution in [0.5, 0.6) is 0 Å². The molecular formula is C17H19N3O3. The number of nitrogens with zero attached hydrogens (tertiary/aromatic N) is 1. The molecule has 1 aromatic carbocycles. The minimum Gasteiger partial charge on any atom is -0.465 e. The largest absolute Gasteiger partial charge is 0.465 e. The summed E-state index contributed by atoms with van der Waals surface area (Å²) in [6.07, 6.45) is 1.57. The Bertz CT molecular complexity index is 696. The molecule has 6 nitrogen and oxygen atoms in total. The SMILES string of the molecule is COC(=O)c1ccc(Nc2ccnc(C(=O)NC(C)C)c2)cc1. The molecule has 0 saturated carbocycles. The molecule has 0 unspecified atom stereocenters. The molecule has 0 aliphatic rings. The van der Waals surface area contributed by atoms with E-state index < -0.39 is 0 Å². The summed E-state index contributed by atoms with van der Waals surface area (Å²) >= 11 is 0. The van der Waals surface area contributed by atoms with E-state index in [2.05, 4.69) is 20.4 Å². The van der Waals surface area contributed by atoms with Gasteiger partial charge in [0.15, 0.2) is 0 Å². The molecule has 0 atom stereocenters. The quantitative estimate of drug-likeness (QED) is 0.830. The van der Waals surface area contributed by atoms with Crippen molar-refractivity contribution in [3.8, 4) is 0 Å². The lowest BCUT2D eigenvalue weighted by molar-refractivity contribution is 0.0600. The van der Waals surface area contributed by atoms with Crippen LogP contribution in [0.1, 0.15) is 34.7 Å². The standard InChI is InChI=1S/C17H19N3O3/c1-11(2)19-16(21)15-10-14(8-9-18-15)20-13-6-4-12(5-7-13)17(22)23-3/h4-11H,1-3H3,(H,18,20)(H,19,21). The summed E-state index contributed by atoms with van der Waals surface area (Å²) in [7, 11) is 1.34. The Morgan fingerprint density at radius 2 is 1.78 bits per heavy atom. The Morgan fingerprint density at radius 3 is 2.39 bits per heavy atom. The van der Waals surface area contributed by atoms with Gasteiger partial charge in [-0.3, -0.25) is 9.78 Å². The van der Waals surface area contributed by atoms with Gasteiger partial charge in [0.2, 0.25) is 0 Å². The minimum atomic E-state index is -0.381. The average Bonchev–Trinajstić information content (AvgIpc) is 2.54. The molecule has 23 heavy (non-hydrogen) atoms. The number of ether oxygens (including phenoxy) is 1. The Hall–Kier alpha value is -2.89. The molecule has 0 saturated heterocycles. The fraction of sp³-hybridized carbons (Fsp3) is 0.235. The van der Waals surface area contributed by atoms with Crippen LogP contribution in [0.4, 0.5) is 11.4 Å². The zero-order valence-corrected chi connectivity index (χ0v) is 13.3. The van der Waals surface area contributed by atoms with E-state index in [1.807, 2.05) is 13.8 Å². The zero-order chi connectivity index (χ0) is 16.8. The first-order valence-electron chi connectivity index (χ1n) is 7.22. The Labute approximate surface area is 134 Å². The van der Waals surface area contributed by atoms with Crippen molar-refractivity contribution in [3.63, 3.8) is 0 Å². The highest BCUT2D eigenvalue weighted by Crippen LogP contribution is 2.17. The normalized spacial score (nSPS) is 10.3. The molecule has 0 fully saturated rings. The van der Waals surface area contributed by atoms with E-state index in [0.29, 0.717) is 11.3 Å². The smallest absolute Gasteiger partial charge is 0.337 e. The van der Waals surface area contributed by atoms with Gasteiger partial charge in [-0.2, -0.15) is 0 Å². The molecule has 0 radical (unpaired) electrons. The third kappa shape index (κ3) is 4.54. The maximum atomic E-state index is 12.0. The Kier molecular flexibility index (Phi) is 5.30. The van der Waals surface area contributed by atoms with Crippen LogP contribution in [0.25, 0.3) is 0 Å². The topological polar surface area (TPSA) is 80.3 Å². The van der Waals surface area contributed by atoms with Gasteiger partial charge in [0.05, 0.1) is 12.7 Å². The van der Waals surface area contributed by atoms with Crippen LogP contribution < -0.4 is 10.6 Å². The number of benzene rings is 1. The maximum absolute atomic E-state index is 12.0. The van der Waals surface area contributed by atoms with E-state index in [4.69, 9.17) is 0 Å². The second-order valence-electron chi connectivity index (χ2n) is 5.25. The number of carbonyl (C=O) groups excluding carboxylic acids is 2. The molecule has 2 rings (SSSR count). The lowest BCUT2D eigenvalue weighted by atomic mass is 10.2. The molecule has 0 spiro atoms. The third-order valence-corrected chi connectivity index (χ3v) is 3.01. The van der Waals surface area contributed by atoms with Gasteiger partial charge in [0, 0.05) is 23.6 Å². The molecule has 1 aromatic heterocycles. The summed E-state index contributed by atoms with van der Waals surface area (Å²) in [4.78, 5) is 27.4. The lowest BCUT2D eigenvalue weighted by Gasteiger charge is -2.10. The Morgan fingerprint density at radius 1 is 1.09 bits per heavy atom. The predicted molar refractivity (Wildman–Crippen MR) is 87.9 cm³/mol. The summed E-state index contributed by atoms with van der Waals surface area (Å²) in [5, 5.41) is 5.96. The summed E-state index contributed by atoms with van der Waals surface area (Å²) in [6.45, 7) is 3.78. The monoisotopic (exact) mass is 313 g/mol. The number of hydrogen-bond donors (Lipinski definition) is 2. The summed E-state index contributed by atoms with van der Waals surface area (Å²) in [6, 6.07) is 10.4. The molecule has 1 amide bonds. The Balaban J connectivity index is 2.11. The van der Waals surface area contributed by atoms with Crippen LogP contribution in [-0.4, -0.2) is 30.0 Å². The molecule has 120 valence electrons. The number of amides is 1. The van der Waals surface area contributed by atoms with Crippen LogP contribution >= 0.6 is 0 Å². The van der Waals surface area contributed by atoms with Gasteiger partial charge >= 0.3 is 5.97 Å². The van der Waals surface area contributed by atoms with E-state index in [1.165, 1.54) is 7.11 Å². The summed E-state index contributed by atoms with van der Waals surface area (Å²) < 4.78 is 4.66. The number of carbonyl (C=O) groups is 2. The van der Waals surface area contributed by atoms with Gasteiger partial charge in [-0.15, -0.1) is 0 Å².